The first-order valence-electron chi connectivity index (χ1n) is 5.89. The van der Waals surface area contributed by atoms with E-state index in [2.05, 4.69) is 0 Å². The lowest BCUT2D eigenvalue weighted by Gasteiger charge is -2.36. The van der Waals surface area contributed by atoms with E-state index in [9.17, 15) is 9.59 Å². The Bertz CT molecular complexity index is 421. The molecule has 1 fully saturated rings. The lowest BCUT2D eigenvalue weighted by atomic mass is 10.2. The maximum Gasteiger partial charge on any atom is 0.320 e. The molecule has 1 saturated heterocycles. The van der Waals surface area contributed by atoms with Crippen LogP contribution in [0.5, 0.6) is 0 Å². The second-order valence-corrected chi connectivity index (χ2v) is 4.32. The average molecular weight is 252 g/mol. The maximum atomic E-state index is 12.0. The predicted molar refractivity (Wildman–Crippen MR) is 63.3 cm³/mol. The van der Waals surface area contributed by atoms with Gasteiger partial charge in [-0.1, -0.05) is 0 Å². The molecule has 2 rings (SSSR count). The van der Waals surface area contributed by atoms with Crippen molar-refractivity contribution in [1.82, 2.24) is 9.80 Å². The van der Waals surface area contributed by atoms with Crippen LogP contribution in [0.4, 0.5) is 0 Å². The highest BCUT2D eigenvalue weighted by Gasteiger charge is 2.28. The van der Waals surface area contributed by atoms with Crippen LogP contribution >= 0.6 is 0 Å². The van der Waals surface area contributed by atoms with Crippen molar-refractivity contribution < 1.29 is 19.1 Å². The van der Waals surface area contributed by atoms with Crippen molar-refractivity contribution in [3.8, 4) is 0 Å². The number of furan rings is 1. The van der Waals surface area contributed by atoms with Gasteiger partial charge < -0.3 is 14.4 Å². The normalized spacial score (nSPS) is 18.6. The number of nitrogens with zero attached hydrogens (tertiary/aromatic N) is 2. The van der Waals surface area contributed by atoms with Crippen molar-refractivity contribution in [2.75, 3.05) is 26.2 Å². The number of carboxylic acids is 1. The topological polar surface area (TPSA) is 74.0 Å². The second kappa shape index (κ2) is 5.22. The predicted octanol–water partition coefficient (Wildman–Crippen LogP) is 0.510. The minimum atomic E-state index is -0.833. The van der Waals surface area contributed by atoms with Gasteiger partial charge in [-0.05, 0) is 19.1 Å². The van der Waals surface area contributed by atoms with Crippen molar-refractivity contribution in [1.29, 1.82) is 0 Å². The Balaban J connectivity index is 1.91. The van der Waals surface area contributed by atoms with Crippen molar-refractivity contribution in [2.24, 2.45) is 0 Å². The van der Waals surface area contributed by atoms with Gasteiger partial charge in [-0.15, -0.1) is 0 Å². The van der Waals surface area contributed by atoms with E-state index in [0.29, 0.717) is 31.9 Å². The molecule has 6 nitrogen and oxygen atoms in total. The summed E-state index contributed by atoms with van der Waals surface area (Å²) in [6.07, 6.45) is 1.47. The Morgan fingerprint density at radius 1 is 1.33 bits per heavy atom. The second-order valence-electron chi connectivity index (χ2n) is 4.32. The van der Waals surface area contributed by atoms with Crippen molar-refractivity contribution in [3.05, 3.63) is 24.2 Å². The summed E-state index contributed by atoms with van der Waals surface area (Å²) >= 11 is 0. The number of hydrogen-bond acceptors (Lipinski definition) is 4. The first-order valence-corrected chi connectivity index (χ1v) is 5.89. The molecule has 0 radical (unpaired) electrons. The maximum absolute atomic E-state index is 12.0. The summed E-state index contributed by atoms with van der Waals surface area (Å²) in [5.41, 5.74) is 0. The van der Waals surface area contributed by atoms with Crippen LogP contribution in [0, 0.1) is 0 Å². The Labute approximate surface area is 105 Å². The summed E-state index contributed by atoms with van der Waals surface area (Å²) in [6.45, 7) is 3.85. The third-order valence-corrected chi connectivity index (χ3v) is 3.24. The van der Waals surface area contributed by atoms with Gasteiger partial charge in [0.15, 0.2) is 5.76 Å². The summed E-state index contributed by atoms with van der Waals surface area (Å²) in [6, 6.07) is 2.80. The third-order valence-electron chi connectivity index (χ3n) is 3.24. The van der Waals surface area contributed by atoms with Gasteiger partial charge in [0.25, 0.3) is 5.91 Å². The van der Waals surface area contributed by atoms with Gasteiger partial charge >= 0.3 is 5.97 Å². The molecule has 1 unspecified atom stereocenters. The minimum absolute atomic E-state index is 0.136. The van der Waals surface area contributed by atoms with E-state index in [-0.39, 0.29) is 5.91 Å². The molecule has 6 heteroatoms. The average Bonchev–Trinajstić information content (AvgIpc) is 2.91. The fraction of sp³-hybridized carbons (Fsp3) is 0.500. The number of carbonyl (C=O) groups is 2. The fourth-order valence-electron chi connectivity index (χ4n) is 2.02. The van der Waals surface area contributed by atoms with Crippen LogP contribution < -0.4 is 0 Å². The Morgan fingerprint density at radius 3 is 2.50 bits per heavy atom. The van der Waals surface area contributed by atoms with E-state index in [1.807, 2.05) is 4.90 Å². The van der Waals surface area contributed by atoms with E-state index in [4.69, 9.17) is 9.52 Å². The molecule has 1 aromatic heterocycles. The van der Waals surface area contributed by atoms with Crippen molar-refractivity contribution >= 4 is 11.9 Å². The van der Waals surface area contributed by atoms with E-state index in [1.165, 1.54) is 6.26 Å². The highest BCUT2D eigenvalue weighted by Crippen LogP contribution is 2.11. The van der Waals surface area contributed by atoms with Crippen LogP contribution in [0.2, 0.25) is 0 Å². The number of rotatable bonds is 3. The van der Waals surface area contributed by atoms with Gasteiger partial charge in [0, 0.05) is 26.2 Å². The molecule has 0 spiro atoms. The molecule has 0 aliphatic carbocycles. The quantitative estimate of drug-likeness (QED) is 0.848. The Morgan fingerprint density at radius 2 is 2.00 bits per heavy atom. The van der Waals surface area contributed by atoms with E-state index in [0.717, 1.165) is 0 Å². The lowest BCUT2D eigenvalue weighted by Crippen LogP contribution is -2.53. The first kappa shape index (κ1) is 12.6. The minimum Gasteiger partial charge on any atom is -0.480 e. The van der Waals surface area contributed by atoms with Crippen LogP contribution in [0.25, 0.3) is 0 Å². The number of carboxylic acid groups (broad SMARTS) is 1. The monoisotopic (exact) mass is 252 g/mol. The number of piperazine rings is 1. The highest BCUT2D eigenvalue weighted by molar-refractivity contribution is 5.91. The summed E-state index contributed by atoms with van der Waals surface area (Å²) in [4.78, 5) is 26.4. The third kappa shape index (κ3) is 2.53. The number of aliphatic carboxylic acids is 1. The van der Waals surface area contributed by atoms with E-state index < -0.39 is 12.0 Å². The van der Waals surface area contributed by atoms with Crippen LogP contribution in [-0.2, 0) is 4.79 Å². The molecule has 1 N–H and O–H groups in total. The largest absolute Gasteiger partial charge is 0.480 e. The molecular formula is C12H16N2O4. The molecular weight excluding hydrogens is 236 g/mol. The van der Waals surface area contributed by atoms with Gasteiger partial charge in [-0.3, -0.25) is 14.5 Å². The molecule has 0 aromatic carbocycles. The summed E-state index contributed by atoms with van der Waals surface area (Å²) in [5.74, 6) is -0.641. The van der Waals surface area contributed by atoms with Crippen LogP contribution in [0.3, 0.4) is 0 Å². The molecule has 0 bridgehead atoms. The SMILES string of the molecule is CC(C(=O)O)N1CCN(C(=O)c2ccco2)CC1. The highest BCUT2D eigenvalue weighted by atomic mass is 16.4. The first-order chi connectivity index (χ1) is 8.59. The molecule has 18 heavy (non-hydrogen) atoms. The standard InChI is InChI=1S/C12H16N2O4/c1-9(12(16)17)13-4-6-14(7-5-13)11(15)10-3-2-8-18-10/h2-3,8-9H,4-7H2,1H3,(H,16,17). The number of carbonyl (C=O) groups excluding carboxylic acids is 1. The molecule has 1 aliphatic heterocycles. The number of hydrogen-bond donors (Lipinski definition) is 1. The zero-order valence-corrected chi connectivity index (χ0v) is 10.2. The Kier molecular flexibility index (Phi) is 3.66. The number of amides is 1. The van der Waals surface area contributed by atoms with E-state index >= 15 is 0 Å². The van der Waals surface area contributed by atoms with Gasteiger partial charge in [0.05, 0.1) is 6.26 Å². The van der Waals surface area contributed by atoms with Gasteiger partial charge in [0.1, 0.15) is 6.04 Å². The van der Waals surface area contributed by atoms with Crippen LogP contribution in [0.15, 0.2) is 22.8 Å². The van der Waals surface area contributed by atoms with Gasteiger partial charge in [-0.2, -0.15) is 0 Å². The zero-order chi connectivity index (χ0) is 13.1. The smallest absolute Gasteiger partial charge is 0.320 e. The molecule has 1 amide bonds. The molecule has 1 atom stereocenters. The fourth-order valence-corrected chi connectivity index (χ4v) is 2.02. The molecule has 1 aliphatic rings. The van der Waals surface area contributed by atoms with Crippen LogP contribution in [0.1, 0.15) is 17.5 Å². The van der Waals surface area contributed by atoms with Crippen LogP contribution in [-0.4, -0.2) is 59.0 Å². The summed E-state index contributed by atoms with van der Waals surface area (Å²) < 4.78 is 5.06. The Hall–Kier alpha value is -1.82. The molecule has 1 aromatic rings. The summed E-state index contributed by atoms with van der Waals surface area (Å²) in [7, 11) is 0. The van der Waals surface area contributed by atoms with E-state index in [1.54, 1.807) is 24.0 Å². The van der Waals surface area contributed by atoms with Crippen molar-refractivity contribution in [3.63, 3.8) is 0 Å². The summed E-state index contributed by atoms with van der Waals surface area (Å²) in [5, 5.41) is 8.92. The lowest BCUT2D eigenvalue weighted by molar-refractivity contribution is -0.143. The van der Waals surface area contributed by atoms with Gasteiger partial charge in [-0.25, -0.2) is 0 Å². The zero-order valence-electron chi connectivity index (χ0n) is 10.2. The van der Waals surface area contributed by atoms with Gasteiger partial charge in [0.2, 0.25) is 0 Å². The molecule has 2 heterocycles. The molecule has 0 saturated carbocycles. The van der Waals surface area contributed by atoms with Crippen molar-refractivity contribution in [2.45, 2.75) is 13.0 Å². The molecule has 98 valence electrons.